The molecule has 1 amide bonds. The highest BCUT2D eigenvalue weighted by Gasteiger charge is 2.35. The molecule has 0 spiro atoms. The topological polar surface area (TPSA) is 52.2 Å². The molecule has 5 rings (SSSR count). The maximum Gasteiger partial charge on any atom is 0.274 e. The van der Waals surface area contributed by atoms with Crippen molar-refractivity contribution in [2.24, 2.45) is 5.92 Å². The van der Waals surface area contributed by atoms with Gasteiger partial charge in [-0.05, 0) is 32.7 Å². The summed E-state index contributed by atoms with van der Waals surface area (Å²) >= 11 is 0. The van der Waals surface area contributed by atoms with Crippen LogP contribution in [0.3, 0.4) is 0 Å². The van der Waals surface area contributed by atoms with E-state index in [1.54, 1.807) is 0 Å². The molecule has 24 heavy (non-hydrogen) atoms. The van der Waals surface area contributed by atoms with E-state index < -0.39 is 0 Å². The van der Waals surface area contributed by atoms with Gasteiger partial charge in [0.1, 0.15) is 11.5 Å². The summed E-state index contributed by atoms with van der Waals surface area (Å²) in [5.41, 5.74) is 2.43. The highest BCUT2D eigenvalue weighted by Crippen LogP contribution is 2.28. The number of aromatic amines is 1. The fraction of sp³-hybridized carbons (Fsp3) is 0.474. The van der Waals surface area contributed by atoms with E-state index >= 15 is 0 Å². The second-order valence-corrected chi connectivity index (χ2v) is 7.17. The van der Waals surface area contributed by atoms with Crippen LogP contribution in [-0.2, 0) is 0 Å². The Balaban J connectivity index is 1.60. The monoisotopic (exact) mass is 324 g/mol. The molecular formula is C19H24N4O. The Labute approximate surface area is 142 Å². The first kappa shape index (κ1) is 15.4. The first-order chi connectivity index (χ1) is 11.6. The molecule has 1 aromatic carbocycles. The summed E-state index contributed by atoms with van der Waals surface area (Å²) in [6.45, 7) is 4.71. The van der Waals surface area contributed by atoms with Gasteiger partial charge >= 0.3 is 0 Å². The van der Waals surface area contributed by atoms with Gasteiger partial charge in [0, 0.05) is 36.9 Å². The molecule has 5 heteroatoms. The number of nitrogens with zero attached hydrogens (tertiary/aromatic N) is 3. The van der Waals surface area contributed by atoms with Crippen molar-refractivity contribution in [3.05, 3.63) is 41.7 Å². The molecule has 0 radical (unpaired) electrons. The standard InChI is InChI=1S/C19H24N4O/c1-13-17(21-18(20-13)15-6-4-3-5-7-15)19(24)23-11-14-8-9-16(12-23)22(2)10-14/h3-7,14,16H,8-12H2,1-2H3,(H,20,21). The van der Waals surface area contributed by atoms with Gasteiger partial charge in [-0.2, -0.15) is 0 Å². The predicted molar refractivity (Wildman–Crippen MR) is 93.8 cm³/mol. The van der Waals surface area contributed by atoms with Gasteiger partial charge in [0.15, 0.2) is 0 Å². The van der Waals surface area contributed by atoms with E-state index in [0.29, 0.717) is 17.7 Å². The number of benzene rings is 1. The van der Waals surface area contributed by atoms with Gasteiger partial charge in [-0.15, -0.1) is 0 Å². The number of amides is 1. The number of likely N-dealkylation sites (N-methyl/N-ethyl adjacent to an activating group) is 1. The number of H-pyrrole nitrogens is 1. The fourth-order valence-electron chi connectivity index (χ4n) is 4.03. The average Bonchev–Trinajstić information content (AvgIpc) is 2.77. The van der Waals surface area contributed by atoms with Crippen molar-refractivity contribution >= 4 is 5.91 Å². The van der Waals surface area contributed by atoms with Crippen molar-refractivity contribution in [3.63, 3.8) is 0 Å². The lowest BCUT2D eigenvalue weighted by Crippen LogP contribution is -2.42. The molecular weight excluding hydrogens is 300 g/mol. The smallest absolute Gasteiger partial charge is 0.274 e. The highest BCUT2D eigenvalue weighted by molar-refractivity contribution is 5.94. The molecule has 4 heterocycles. The highest BCUT2D eigenvalue weighted by atomic mass is 16.2. The molecule has 1 N–H and O–H groups in total. The molecule has 3 fully saturated rings. The Bertz CT molecular complexity index is 739. The van der Waals surface area contributed by atoms with Crippen LogP contribution in [-0.4, -0.2) is 58.4 Å². The molecule has 2 bridgehead atoms. The summed E-state index contributed by atoms with van der Waals surface area (Å²) in [4.78, 5) is 25.4. The van der Waals surface area contributed by atoms with Crippen molar-refractivity contribution < 1.29 is 4.79 Å². The number of imidazole rings is 1. The molecule has 2 aromatic rings. The van der Waals surface area contributed by atoms with Crippen LogP contribution in [0.4, 0.5) is 0 Å². The summed E-state index contributed by atoms with van der Waals surface area (Å²) in [6.07, 6.45) is 2.42. The number of piperidine rings is 1. The van der Waals surface area contributed by atoms with E-state index in [1.807, 2.05) is 42.2 Å². The second-order valence-electron chi connectivity index (χ2n) is 7.17. The van der Waals surface area contributed by atoms with Gasteiger partial charge in [0.25, 0.3) is 5.91 Å². The number of rotatable bonds is 2. The van der Waals surface area contributed by atoms with Crippen LogP contribution in [0.1, 0.15) is 29.0 Å². The van der Waals surface area contributed by atoms with Gasteiger partial charge in [-0.1, -0.05) is 30.3 Å². The minimum atomic E-state index is 0.0677. The number of nitrogens with one attached hydrogen (secondary N) is 1. The number of aryl methyl sites for hydroxylation is 1. The van der Waals surface area contributed by atoms with Gasteiger partial charge in [0.05, 0.1) is 0 Å². The minimum Gasteiger partial charge on any atom is -0.341 e. The molecule has 3 aliphatic rings. The van der Waals surface area contributed by atoms with E-state index in [1.165, 1.54) is 12.8 Å². The molecule has 2 unspecified atom stereocenters. The van der Waals surface area contributed by atoms with Crippen molar-refractivity contribution in [2.45, 2.75) is 25.8 Å². The van der Waals surface area contributed by atoms with E-state index in [-0.39, 0.29) is 5.91 Å². The molecule has 0 aliphatic carbocycles. The third-order valence-electron chi connectivity index (χ3n) is 5.41. The van der Waals surface area contributed by atoms with E-state index in [9.17, 15) is 4.79 Å². The van der Waals surface area contributed by atoms with Crippen LogP contribution in [0.5, 0.6) is 0 Å². The molecule has 3 aliphatic heterocycles. The third kappa shape index (κ3) is 2.73. The number of aromatic nitrogens is 2. The van der Waals surface area contributed by atoms with Gasteiger partial charge in [-0.3, -0.25) is 4.79 Å². The molecule has 126 valence electrons. The number of hydrogen-bond donors (Lipinski definition) is 1. The maximum absolute atomic E-state index is 13.1. The summed E-state index contributed by atoms with van der Waals surface area (Å²) < 4.78 is 0. The lowest BCUT2D eigenvalue weighted by molar-refractivity contribution is 0.0736. The van der Waals surface area contributed by atoms with Crippen molar-refractivity contribution in [1.29, 1.82) is 0 Å². The predicted octanol–water partition coefficient (Wildman–Crippen LogP) is 2.55. The Hall–Kier alpha value is -2.14. The maximum atomic E-state index is 13.1. The SMILES string of the molecule is Cc1[nH]c(-c2ccccc2)nc1C(=O)N1CC2CCC(C1)N(C)C2. The second kappa shape index (κ2) is 6.06. The van der Waals surface area contributed by atoms with E-state index in [4.69, 9.17) is 0 Å². The largest absolute Gasteiger partial charge is 0.341 e. The molecule has 0 saturated carbocycles. The fourth-order valence-corrected chi connectivity index (χ4v) is 4.03. The normalized spacial score (nSPS) is 24.2. The summed E-state index contributed by atoms with van der Waals surface area (Å²) in [7, 11) is 2.18. The van der Waals surface area contributed by atoms with Crippen LogP contribution < -0.4 is 0 Å². The lowest BCUT2D eigenvalue weighted by Gasteiger charge is -2.32. The quantitative estimate of drug-likeness (QED) is 0.924. The van der Waals surface area contributed by atoms with Crippen LogP contribution in [0.25, 0.3) is 11.4 Å². The van der Waals surface area contributed by atoms with Crippen molar-refractivity contribution in [3.8, 4) is 11.4 Å². The first-order valence-corrected chi connectivity index (χ1v) is 8.73. The van der Waals surface area contributed by atoms with Gasteiger partial charge < -0.3 is 14.8 Å². The van der Waals surface area contributed by atoms with Crippen molar-refractivity contribution in [2.75, 3.05) is 26.7 Å². The lowest BCUT2D eigenvalue weighted by atomic mass is 9.96. The molecule has 1 aromatic heterocycles. The van der Waals surface area contributed by atoms with Gasteiger partial charge in [-0.25, -0.2) is 4.98 Å². The molecule has 2 atom stereocenters. The zero-order valence-electron chi connectivity index (χ0n) is 14.3. The van der Waals surface area contributed by atoms with Crippen LogP contribution in [0, 0.1) is 12.8 Å². The number of fused-ring (bicyclic) bond motifs is 4. The third-order valence-corrected chi connectivity index (χ3v) is 5.41. The Morgan fingerprint density at radius 2 is 1.96 bits per heavy atom. The van der Waals surface area contributed by atoms with E-state index in [0.717, 1.165) is 36.7 Å². The Morgan fingerprint density at radius 3 is 2.71 bits per heavy atom. The molecule has 5 nitrogen and oxygen atoms in total. The average molecular weight is 324 g/mol. The zero-order valence-corrected chi connectivity index (χ0v) is 14.3. The first-order valence-electron chi connectivity index (χ1n) is 8.73. The van der Waals surface area contributed by atoms with Crippen LogP contribution in [0.2, 0.25) is 0 Å². The summed E-state index contributed by atoms with van der Waals surface area (Å²) in [5, 5.41) is 0. The zero-order chi connectivity index (χ0) is 16.7. The van der Waals surface area contributed by atoms with E-state index in [2.05, 4.69) is 21.9 Å². The van der Waals surface area contributed by atoms with Crippen molar-refractivity contribution in [1.82, 2.24) is 19.8 Å². The van der Waals surface area contributed by atoms with Gasteiger partial charge in [0.2, 0.25) is 0 Å². The number of carbonyl (C=O) groups excluding carboxylic acids is 1. The Morgan fingerprint density at radius 1 is 1.17 bits per heavy atom. The molecule has 3 saturated heterocycles. The summed E-state index contributed by atoms with van der Waals surface area (Å²) in [6, 6.07) is 10.4. The van der Waals surface area contributed by atoms with Crippen LogP contribution >= 0.6 is 0 Å². The van der Waals surface area contributed by atoms with Crippen LogP contribution in [0.15, 0.2) is 30.3 Å². The number of hydrogen-bond acceptors (Lipinski definition) is 3. The number of carbonyl (C=O) groups is 1. The Kier molecular flexibility index (Phi) is 3.88. The minimum absolute atomic E-state index is 0.0677. The summed E-state index contributed by atoms with van der Waals surface area (Å²) in [5.74, 6) is 1.43.